The van der Waals surface area contributed by atoms with Crippen molar-refractivity contribution < 1.29 is 19.2 Å². The van der Waals surface area contributed by atoms with Gasteiger partial charge in [0.25, 0.3) is 11.8 Å². The molecule has 266 valence electrons. The topological polar surface area (TPSA) is 119 Å². The molecule has 2 atom stereocenters. The summed E-state index contributed by atoms with van der Waals surface area (Å²) in [7, 11) is 0. The summed E-state index contributed by atoms with van der Waals surface area (Å²) in [5.74, 6) is 0.0563. The van der Waals surface area contributed by atoms with Gasteiger partial charge in [0.05, 0.1) is 23.5 Å². The van der Waals surface area contributed by atoms with Gasteiger partial charge in [0.1, 0.15) is 11.4 Å². The maximum absolute atomic E-state index is 12.8. The predicted molar refractivity (Wildman–Crippen MR) is 195 cm³/mol. The van der Waals surface area contributed by atoms with Gasteiger partial charge in [-0.05, 0) is 55.7 Å². The quantitative estimate of drug-likeness (QED) is 0.146. The summed E-state index contributed by atoms with van der Waals surface area (Å²) in [6.07, 6.45) is 10.5. The summed E-state index contributed by atoms with van der Waals surface area (Å²) in [5, 5.41) is 13.8. The van der Waals surface area contributed by atoms with E-state index in [-0.39, 0.29) is 30.0 Å². The molecule has 1 N–H and O–H groups in total. The normalized spacial score (nSPS) is 16.2. The van der Waals surface area contributed by atoms with E-state index in [1.54, 1.807) is 0 Å². The molecule has 0 radical (unpaired) electrons. The van der Waals surface area contributed by atoms with Crippen LogP contribution in [0.4, 0.5) is 0 Å². The first-order chi connectivity index (χ1) is 24.2. The molecular formula is C38H46Cl2N6O4. The van der Waals surface area contributed by atoms with Gasteiger partial charge in [0, 0.05) is 40.8 Å². The highest BCUT2D eigenvalue weighted by molar-refractivity contribution is 6.30. The number of hydrogen-bond donors (Lipinski definition) is 1. The van der Waals surface area contributed by atoms with E-state index in [9.17, 15) is 9.59 Å². The monoisotopic (exact) mass is 720 g/mol. The highest BCUT2D eigenvalue weighted by Crippen LogP contribution is 2.30. The molecule has 2 aliphatic heterocycles. The molecule has 0 spiro atoms. The summed E-state index contributed by atoms with van der Waals surface area (Å²) in [6, 6.07) is 19.5. The van der Waals surface area contributed by atoms with E-state index in [1.165, 1.54) is 32.1 Å². The largest absolute Gasteiger partial charge is 0.373 e. The Labute approximate surface area is 304 Å². The average molecular weight is 722 g/mol. The molecule has 2 aliphatic rings. The van der Waals surface area contributed by atoms with Crippen LogP contribution in [0.1, 0.15) is 112 Å². The van der Waals surface area contributed by atoms with Crippen molar-refractivity contribution in [2.24, 2.45) is 0 Å². The van der Waals surface area contributed by atoms with Crippen molar-refractivity contribution in [3.63, 3.8) is 0 Å². The number of rotatable bonds is 12. The van der Waals surface area contributed by atoms with Gasteiger partial charge in [-0.25, -0.2) is 0 Å². The van der Waals surface area contributed by atoms with Gasteiger partial charge in [0.2, 0.25) is 0 Å². The van der Waals surface area contributed by atoms with Crippen LogP contribution in [0.3, 0.4) is 0 Å². The van der Waals surface area contributed by atoms with Crippen molar-refractivity contribution in [2.75, 3.05) is 19.6 Å². The summed E-state index contributed by atoms with van der Waals surface area (Å²) in [6.45, 7) is 8.77. The SMILES string of the molecule is CCCCCC1CN(CCC)C(=O)c2cc(-c3ccc(Cl)cc3)nn21.CCCCCC1CNC(=O)c2cc(-c3ccc(Cl)cc3)nn21.O=C=O. The third-order valence-corrected chi connectivity index (χ3v) is 9.39. The molecule has 4 heterocycles. The number of aromatic nitrogens is 4. The predicted octanol–water partition coefficient (Wildman–Crippen LogP) is 8.68. The Morgan fingerprint density at radius 2 is 1.20 bits per heavy atom. The van der Waals surface area contributed by atoms with Crippen molar-refractivity contribution in [2.45, 2.75) is 90.6 Å². The van der Waals surface area contributed by atoms with Crippen LogP contribution in [0.5, 0.6) is 0 Å². The second kappa shape index (κ2) is 19.2. The summed E-state index contributed by atoms with van der Waals surface area (Å²) in [5.41, 5.74) is 5.01. The average Bonchev–Trinajstić information content (AvgIpc) is 3.77. The minimum absolute atomic E-state index is 0.0422. The first-order valence-corrected chi connectivity index (χ1v) is 18.3. The molecule has 0 aliphatic carbocycles. The Hall–Kier alpha value is -4.24. The van der Waals surface area contributed by atoms with Gasteiger partial charge in [-0.1, -0.05) is 107 Å². The van der Waals surface area contributed by atoms with Crippen molar-refractivity contribution in [1.82, 2.24) is 29.8 Å². The van der Waals surface area contributed by atoms with E-state index >= 15 is 0 Å². The van der Waals surface area contributed by atoms with Gasteiger partial charge in [-0.15, -0.1) is 0 Å². The smallest absolute Gasteiger partial charge is 0.349 e. The second-order valence-electron chi connectivity index (χ2n) is 12.6. The fraction of sp³-hybridized carbons (Fsp3) is 0.447. The molecule has 50 heavy (non-hydrogen) atoms. The van der Waals surface area contributed by atoms with E-state index in [2.05, 4.69) is 31.2 Å². The van der Waals surface area contributed by atoms with E-state index in [0.29, 0.717) is 28.0 Å². The minimum Gasteiger partial charge on any atom is -0.349 e. The fourth-order valence-electron chi connectivity index (χ4n) is 6.32. The van der Waals surface area contributed by atoms with Crippen LogP contribution >= 0.6 is 23.2 Å². The minimum atomic E-state index is -0.0422. The molecule has 4 aromatic rings. The van der Waals surface area contributed by atoms with E-state index in [0.717, 1.165) is 61.3 Å². The molecule has 2 aromatic heterocycles. The number of fused-ring (bicyclic) bond motifs is 2. The first-order valence-electron chi connectivity index (χ1n) is 17.5. The highest BCUT2D eigenvalue weighted by atomic mass is 35.5. The standard InChI is InChI=1S/C20H26ClN3O.C17H20ClN3O.CO2/c1-3-5-6-7-17-14-23(12-4-2)20(25)19-13-18(22-24(17)19)15-8-10-16(21)11-9-15;1-2-3-4-5-14-11-19-17(22)16-10-15(20-21(14)16)12-6-8-13(18)9-7-12;2-1-3/h8-11,13,17H,3-7,12,14H2,1-2H3;6-10,14H,2-5,11H2,1H3,(H,19,22);. The fourth-order valence-corrected chi connectivity index (χ4v) is 6.58. The van der Waals surface area contributed by atoms with Crippen molar-refractivity contribution in [3.05, 3.63) is 82.1 Å². The number of benzene rings is 2. The van der Waals surface area contributed by atoms with Crippen LogP contribution < -0.4 is 5.32 Å². The van der Waals surface area contributed by atoms with Gasteiger partial charge < -0.3 is 10.2 Å². The summed E-state index contributed by atoms with van der Waals surface area (Å²) >= 11 is 11.9. The first kappa shape index (κ1) is 38.6. The molecule has 2 unspecified atom stereocenters. The number of carbonyl (C=O) groups is 2. The van der Waals surface area contributed by atoms with Crippen LogP contribution in [0.25, 0.3) is 22.5 Å². The summed E-state index contributed by atoms with van der Waals surface area (Å²) in [4.78, 5) is 43.1. The zero-order valence-corrected chi connectivity index (χ0v) is 30.6. The lowest BCUT2D eigenvalue weighted by molar-refractivity contribution is -0.191. The number of amides is 2. The van der Waals surface area contributed by atoms with Crippen LogP contribution in [0.2, 0.25) is 10.0 Å². The summed E-state index contributed by atoms with van der Waals surface area (Å²) < 4.78 is 3.87. The molecule has 12 heteroatoms. The Kier molecular flexibility index (Phi) is 14.8. The Balaban J connectivity index is 0.000000210. The Bertz CT molecular complexity index is 1730. The van der Waals surface area contributed by atoms with E-state index < -0.39 is 0 Å². The van der Waals surface area contributed by atoms with Gasteiger partial charge in [-0.2, -0.15) is 19.8 Å². The Morgan fingerprint density at radius 1 is 0.720 bits per heavy atom. The third-order valence-electron chi connectivity index (χ3n) is 8.89. The molecule has 10 nitrogen and oxygen atoms in total. The molecule has 0 bridgehead atoms. The van der Waals surface area contributed by atoms with Crippen molar-refractivity contribution >= 4 is 41.2 Å². The number of unbranched alkanes of at least 4 members (excludes halogenated alkanes) is 4. The molecule has 0 fully saturated rings. The zero-order valence-electron chi connectivity index (χ0n) is 29.0. The van der Waals surface area contributed by atoms with Crippen molar-refractivity contribution in [3.8, 4) is 22.5 Å². The number of hydrogen-bond acceptors (Lipinski definition) is 6. The molecule has 2 aromatic carbocycles. The lowest BCUT2D eigenvalue weighted by Crippen LogP contribution is -2.43. The van der Waals surface area contributed by atoms with Gasteiger partial charge in [-0.3, -0.25) is 19.0 Å². The van der Waals surface area contributed by atoms with Crippen LogP contribution in [-0.4, -0.2) is 62.1 Å². The van der Waals surface area contributed by atoms with Crippen LogP contribution in [0.15, 0.2) is 60.7 Å². The number of halogens is 2. The van der Waals surface area contributed by atoms with E-state index in [1.807, 2.05) is 74.9 Å². The lowest BCUT2D eigenvalue weighted by Gasteiger charge is -2.33. The second-order valence-corrected chi connectivity index (χ2v) is 13.4. The third kappa shape index (κ3) is 9.93. The maximum Gasteiger partial charge on any atom is 0.373 e. The molecular weight excluding hydrogens is 675 g/mol. The van der Waals surface area contributed by atoms with Gasteiger partial charge in [0.15, 0.2) is 0 Å². The van der Waals surface area contributed by atoms with E-state index in [4.69, 9.17) is 37.9 Å². The molecule has 2 amide bonds. The highest BCUT2D eigenvalue weighted by Gasteiger charge is 2.32. The number of nitrogens with one attached hydrogen (secondary N) is 1. The van der Waals surface area contributed by atoms with Crippen LogP contribution in [0, 0.1) is 0 Å². The zero-order chi connectivity index (χ0) is 36.0. The molecule has 0 saturated carbocycles. The molecule has 0 saturated heterocycles. The molecule has 6 rings (SSSR count). The van der Waals surface area contributed by atoms with Gasteiger partial charge >= 0.3 is 6.15 Å². The number of nitrogens with zero attached hydrogens (tertiary/aromatic N) is 5. The maximum atomic E-state index is 12.8. The van der Waals surface area contributed by atoms with Crippen molar-refractivity contribution in [1.29, 1.82) is 0 Å². The number of carbonyl (C=O) groups excluding carboxylic acids is 4. The van der Waals surface area contributed by atoms with Crippen LogP contribution in [-0.2, 0) is 9.59 Å². The Morgan fingerprint density at radius 3 is 1.70 bits per heavy atom. The lowest BCUT2D eigenvalue weighted by atomic mass is 10.0.